The number of hydrogen-bond donors (Lipinski definition) is 0. The van der Waals surface area contributed by atoms with Crippen LogP contribution in [0.25, 0.3) is 0 Å². The average molecular weight is 166 g/mol. The molecule has 0 bridgehead atoms. The molecule has 2 nitrogen and oxygen atoms in total. The van der Waals surface area contributed by atoms with Crippen molar-refractivity contribution in [1.82, 2.24) is 0 Å². The van der Waals surface area contributed by atoms with Gasteiger partial charge in [-0.25, -0.2) is 4.39 Å². The summed E-state index contributed by atoms with van der Waals surface area (Å²) in [6, 6.07) is 0.462. The minimum atomic E-state index is -1.64. The Hall–Kier alpha value is 0.0669. The zero-order valence-corrected chi connectivity index (χ0v) is 7.92. The van der Waals surface area contributed by atoms with Crippen molar-refractivity contribution in [1.29, 1.82) is 0 Å². The summed E-state index contributed by atoms with van der Waals surface area (Å²) in [4.78, 5) is 0. The summed E-state index contributed by atoms with van der Waals surface area (Å²) in [5.41, 5.74) is 0. The Morgan fingerprint density at radius 3 is 2.20 bits per heavy atom. The summed E-state index contributed by atoms with van der Waals surface area (Å²) >= 11 is 0. The van der Waals surface area contributed by atoms with Crippen molar-refractivity contribution in [3.63, 3.8) is 0 Å². The van der Waals surface area contributed by atoms with E-state index >= 15 is 0 Å². The lowest BCUT2D eigenvalue weighted by Crippen LogP contribution is -2.22. The van der Waals surface area contributed by atoms with Crippen LogP contribution in [0.4, 0.5) is 4.39 Å². The van der Waals surface area contributed by atoms with Crippen molar-refractivity contribution in [3.05, 3.63) is 0 Å². The standard InChI is InChI=1S/C6H15FO2Si/c1-4-6(7)5-10(8-2)9-3/h6,10H,4-5H2,1-3H3. The number of hydrogen-bond acceptors (Lipinski definition) is 2. The van der Waals surface area contributed by atoms with E-state index in [2.05, 4.69) is 0 Å². The zero-order valence-electron chi connectivity index (χ0n) is 6.76. The molecule has 0 radical (unpaired) electrons. The highest BCUT2D eigenvalue weighted by molar-refractivity contribution is 6.44. The fourth-order valence-corrected chi connectivity index (χ4v) is 1.99. The molecule has 0 spiro atoms. The first-order chi connectivity index (χ1) is 4.74. The second-order valence-electron chi connectivity index (χ2n) is 2.14. The Kier molecular flexibility index (Phi) is 5.86. The fraction of sp³-hybridized carbons (Fsp3) is 1.00. The van der Waals surface area contributed by atoms with E-state index in [1.807, 2.05) is 6.92 Å². The van der Waals surface area contributed by atoms with Crippen LogP contribution >= 0.6 is 0 Å². The molecule has 1 atom stereocenters. The van der Waals surface area contributed by atoms with Crippen LogP contribution in [-0.4, -0.2) is 29.7 Å². The Labute approximate surface area is 63.2 Å². The van der Waals surface area contributed by atoms with Gasteiger partial charge < -0.3 is 8.85 Å². The van der Waals surface area contributed by atoms with Gasteiger partial charge in [0.1, 0.15) is 6.17 Å². The highest BCUT2D eigenvalue weighted by Gasteiger charge is 2.15. The largest absolute Gasteiger partial charge is 0.400 e. The third-order valence-corrected chi connectivity index (χ3v) is 3.36. The molecule has 0 aliphatic carbocycles. The molecule has 0 aromatic rings. The lowest BCUT2D eigenvalue weighted by molar-refractivity contribution is 0.253. The van der Waals surface area contributed by atoms with E-state index in [1.54, 1.807) is 14.2 Å². The fourth-order valence-electron chi connectivity index (χ4n) is 0.664. The van der Waals surface area contributed by atoms with Gasteiger partial charge >= 0.3 is 9.28 Å². The first-order valence-electron chi connectivity index (χ1n) is 3.44. The smallest absolute Gasteiger partial charge is 0.323 e. The molecule has 0 heterocycles. The SMILES string of the molecule is CCC(F)C[SiH](OC)OC. The third-order valence-electron chi connectivity index (χ3n) is 1.42. The van der Waals surface area contributed by atoms with Crippen molar-refractivity contribution in [2.24, 2.45) is 0 Å². The van der Waals surface area contributed by atoms with Crippen LogP contribution in [0.2, 0.25) is 6.04 Å². The molecule has 0 N–H and O–H groups in total. The lowest BCUT2D eigenvalue weighted by atomic mass is 10.3. The molecule has 0 aliphatic heterocycles. The van der Waals surface area contributed by atoms with E-state index in [4.69, 9.17) is 8.85 Å². The Bertz CT molecular complexity index is 78.1. The normalized spacial score (nSPS) is 14.1. The number of alkyl halides is 1. The Morgan fingerprint density at radius 2 is 1.90 bits per heavy atom. The van der Waals surface area contributed by atoms with E-state index in [0.717, 1.165) is 0 Å². The monoisotopic (exact) mass is 166 g/mol. The first-order valence-corrected chi connectivity index (χ1v) is 5.20. The minimum Gasteiger partial charge on any atom is -0.400 e. The second-order valence-corrected chi connectivity index (χ2v) is 4.42. The van der Waals surface area contributed by atoms with Gasteiger partial charge in [-0.05, 0) is 6.42 Å². The third kappa shape index (κ3) is 3.98. The second kappa shape index (κ2) is 5.82. The van der Waals surface area contributed by atoms with Crippen molar-refractivity contribution in [2.75, 3.05) is 14.2 Å². The number of halogens is 1. The van der Waals surface area contributed by atoms with Gasteiger partial charge in [0.15, 0.2) is 0 Å². The van der Waals surface area contributed by atoms with Gasteiger partial charge in [0.2, 0.25) is 0 Å². The van der Waals surface area contributed by atoms with Gasteiger partial charge in [0.25, 0.3) is 0 Å². The summed E-state index contributed by atoms with van der Waals surface area (Å²) in [6.07, 6.45) is -0.201. The van der Waals surface area contributed by atoms with Crippen LogP contribution in [0.15, 0.2) is 0 Å². The van der Waals surface area contributed by atoms with Crippen LogP contribution in [0, 0.1) is 0 Å². The molecule has 1 unspecified atom stereocenters. The molecule has 0 saturated heterocycles. The molecule has 4 heteroatoms. The van der Waals surface area contributed by atoms with E-state index in [0.29, 0.717) is 12.5 Å². The van der Waals surface area contributed by atoms with Gasteiger partial charge in [-0.1, -0.05) is 6.92 Å². The molecule has 0 aliphatic rings. The van der Waals surface area contributed by atoms with Crippen molar-refractivity contribution >= 4 is 9.28 Å². The van der Waals surface area contributed by atoms with E-state index < -0.39 is 15.5 Å². The van der Waals surface area contributed by atoms with Crippen molar-refractivity contribution in [3.8, 4) is 0 Å². The predicted octanol–water partition coefficient (Wildman–Crippen LogP) is 1.25. The molecule has 0 aromatic heterocycles. The van der Waals surface area contributed by atoms with Crippen LogP contribution in [0.1, 0.15) is 13.3 Å². The topological polar surface area (TPSA) is 18.5 Å². The summed E-state index contributed by atoms with van der Waals surface area (Å²) < 4.78 is 22.5. The van der Waals surface area contributed by atoms with Crippen LogP contribution in [-0.2, 0) is 8.85 Å². The van der Waals surface area contributed by atoms with Crippen LogP contribution in [0.3, 0.4) is 0 Å². The molecule has 62 valence electrons. The number of rotatable bonds is 5. The maximum atomic E-state index is 12.6. The molecule has 10 heavy (non-hydrogen) atoms. The maximum absolute atomic E-state index is 12.6. The summed E-state index contributed by atoms with van der Waals surface area (Å²) in [7, 11) is 1.50. The molecular formula is C6H15FO2Si. The van der Waals surface area contributed by atoms with Crippen LogP contribution in [0.5, 0.6) is 0 Å². The van der Waals surface area contributed by atoms with Gasteiger partial charge in [0.05, 0.1) is 0 Å². The molecule has 0 saturated carbocycles. The summed E-state index contributed by atoms with van der Waals surface area (Å²) in [5, 5.41) is 0. The van der Waals surface area contributed by atoms with Gasteiger partial charge in [0, 0.05) is 20.3 Å². The quantitative estimate of drug-likeness (QED) is 0.572. The van der Waals surface area contributed by atoms with E-state index in [-0.39, 0.29) is 0 Å². The minimum absolute atomic E-state index is 0.462. The predicted molar refractivity (Wildman–Crippen MR) is 41.2 cm³/mol. The molecule has 0 amide bonds. The maximum Gasteiger partial charge on any atom is 0.323 e. The molecule has 0 fully saturated rings. The lowest BCUT2D eigenvalue weighted by Gasteiger charge is -2.12. The Balaban J connectivity index is 3.41. The van der Waals surface area contributed by atoms with Crippen molar-refractivity contribution in [2.45, 2.75) is 25.6 Å². The van der Waals surface area contributed by atoms with Crippen molar-refractivity contribution < 1.29 is 13.2 Å². The first kappa shape index (κ1) is 10.1. The summed E-state index contributed by atoms with van der Waals surface area (Å²) in [5.74, 6) is 0. The zero-order chi connectivity index (χ0) is 7.98. The Morgan fingerprint density at radius 1 is 1.40 bits per heavy atom. The van der Waals surface area contributed by atoms with Gasteiger partial charge in [-0.2, -0.15) is 0 Å². The highest BCUT2D eigenvalue weighted by Crippen LogP contribution is 2.07. The van der Waals surface area contributed by atoms with E-state index in [1.165, 1.54) is 0 Å². The molecule has 0 aromatic carbocycles. The van der Waals surface area contributed by atoms with Gasteiger partial charge in [-0.15, -0.1) is 0 Å². The average Bonchev–Trinajstić information content (AvgIpc) is 1.99. The van der Waals surface area contributed by atoms with Gasteiger partial charge in [-0.3, -0.25) is 0 Å². The summed E-state index contributed by atoms with van der Waals surface area (Å²) in [6.45, 7) is 1.82. The van der Waals surface area contributed by atoms with Crippen LogP contribution < -0.4 is 0 Å². The van der Waals surface area contributed by atoms with E-state index in [9.17, 15) is 4.39 Å². The molecular weight excluding hydrogens is 151 g/mol. The highest BCUT2D eigenvalue weighted by atomic mass is 28.3. The molecule has 0 rings (SSSR count).